The molecule has 1 aromatic rings. The van der Waals surface area contributed by atoms with Gasteiger partial charge in [0.2, 0.25) is 5.91 Å². The second-order valence-corrected chi connectivity index (χ2v) is 4.71. The maximum absolute atomic E-state index is 11.3. The van der Waals surface area contributed by atoms with Crippen molar-refractivity contribution >= 4 is 17.6 Å². The first-order valence-electron chi connectivity index (χ1n) is 6.40. The van der Waals surface area contributed by atoms with Crippen LogP contribution in [0.4, 0.5) is 5.69 Å². The topological polar surface area (TPSA) is 69.6 Å². The molecule has 0 fully saturated rings. The van der Waals surface area contributed by atoms with E-state index in [9.17, 15) is 14.7 Å². The number of carbonyl (C=O) groups is 2. The molecule has 1 amide bonds. The Labute approximate surface area is 112 Å². The van der Waals surface area contributed by atoms with Crippen LogP contribution in [0, 0.1) is 0 Å². The Kier molecular flexibility index (Phi) is 4.04. The Morgan fingerprint density at radius 1 is 1.42 bits per heavy atom. The fourth-order valence-electron chi connectivity index (χ4n) is 2.49. The van der Waals surface area contributed by atoms with Gasteiger partial charge in [-0.2, -0.15) is 0 Å². The van der Waals surface area contributed by atoms with E-state index >= 15 is 0 Å². The van der Waals surface area contributed by atoms with Crippen molar-refractivity contribution in [3.05, 3.63) is 29.8 Å². The third-order valence-corrected chi connectivity index (χ3v) is 3.39. The van der Waals surface area contributed by atoms with Crippen LogP contribution in [0.5, 0.6) is 0 Å². The summed E-state index contributed by atoms with van der Waals surface area (Å²) in [5.74, 6) is -1.24. The summed E-state index contributed by atoms with van der Waals surface area (Å²) in [6.07, 6.45) is 0.604. The molecule has 1 heterocycles. The van der Waals surface area contributed by atoms with Crippen molar-refractivity contribution in [3.63, 3.8) is 0 Å². The number of hydrogen-bond acceptors (Lipinski definition) is 3. The SMILES string of the molecule is CC(=O)NCCN1CCC(C(=O)O)c2ccccc21. The maximum atomic E-state index is 11.3. The van der Waals surface area contributed by atoms with Crippen LogP contribution in [0.3, 0.4) is 0 Å². The fraction of sp³-hybridized carbons (Fsp3) is 0.429. The number of carbonyl (C=O) groups excluding carboxylic acids is 1. The van der Waals surface area contributed by atoms with Gasteiger partial charge in [0.25, 0.3) is 0 Å². The number of aliphatic carboxylic acids is 1. The molecule has 0 saturated carbocycles. The van der Waals surface area contributed by atoms with Gasteiger partial charge in [0.05, 0.1) is 5.92 Å². The van der Waals surface area contributed by atoms with E-state index in [0.29, 0.717) is 26.1 Å². The molecule has 0 aliphatic carbocycles. The second kappa shape index (κ2) is 5.73. The predicted octanol–water partition coefficient (Wildman–Crippen LogP) is 1.20. The van der Waals surface area contributed by atoms with Gasteiger partial charge in [-0.05, 0) is 18.1 Å². The van der Waals surface area contributed by atoms with E-state index in [1.807, 2.05) is 24.3 Å². The molecule has 0 bridgehead atoms. The molecule has 1 atom stereocenters. The number of anilines is 1. The molecule has 5 heteroatoms. The zero-order valence-electron chi connectivity index (χ0n) is 10.9. The number of carboxylic acids is 1. The summed E-state index contributed by atoms with van der Waals surface area (Å²) in [5, 5.41) is 12.0. The molecule has 1 aliphatic rings. The summed E-state index contributed by atoms with van der Waals surface area (Å²) < 4.78 is 0. The van der Waals surface area contributed by atoms with Gasteiger partial charge in [-0.1, -0.05) is 18.2 Å². The average Bonchev–Trinajstić information content (AvgIpc) is 2.38. The lowest BCUT2D eigenvalue weighted by Gasteiger charge is -2.34. The Morgan fingerprint density at radius 3 is 2.84 bits per heavy atom. The molecule has 5 nitrogen and oxygen atoms in total. The minimum absolute atomic E-state index is 0.0475. The van der Waals surface area contributed by atoms with Crippen LogP contribution < -0.4 is 10.2 Å². The van der Waals surface area contributed by atoms with Gasteiger partial charge >= 0.3 is 5.97 Å². The zero-order valence-corrected chi connectivity index (χ0v) is 10.9. The molecular formula is C14H18N2O3. The highest BCUT2D eigenvalue weighted by atomic mass is 16.4. The van der Waals surface area contributed by atoms with Crippen LogP contribution in [0.1, 0.15) is 24.8 Å². The van der Waals surface area contributed by atoms with Crippen molar-refractivity contribution in [1.82, 2.24) is 5.32 Å². The van der Waals surface area contributed by atoms with Gasteiger partial charge in [-0.3, -0.25) is 9.59 Å². The molecule has 0 spiro atoms. The molecule has 0 aromatic heterocycles. The highest BCUT2D eigenvalue weighted by Crippen LogP contribution is 2.34. The van der Waals surface area contributed by atoms with Crippen molar-refractivity contribution in [2.45, 2.75) is 19.3 Å². The van der Waals surface area contributed by atoms with Crippen molar-refractivity contribution in [1.29, 1.82) is 0 Å². The van der Waals surface area contributed by atoms with Gasteiger partial charge in [-0.25, -0.2) is 0 Å². The monoisotopic (exact) mass is 262 g/mol. The zero-order chi connectivity index (χ0) is 13.8. The number of rotatable bonds is 4. The lowest BCUT2D eigenvalue weighted by Crippen LogP contribution is -2.38. The van der Waals surface area contributed by atoms with Crippen molar-refractivity contribution in [2.75, 3.05) is 24.5 Å². The fourth-order valence-corrected chi connectivity index (χ4v) is 2.49. The quantitative estimate of drug-likeness (QED) is 0.855. The molecule has 1 unspecified atom stereocenters. The summed E-state index contributed by atoms with van der Waals surface area (Å²) in [6.45, 7) is 3.46. The highest BCUT2D eigenvalue weighted by molar-refractivity contribution is 5.80. The van der Waals surface area contributed by atoms with E-state index in [0.717, 1.165) is 11.3 Å². The molecule has 19 heavy (non-hydrogen) atoms. The second-order valence-electron chi connectivity index (χ2n) is 4.71. The smallest absolute Gasteiger partial charge is 0.311 e. The number of hydrogen-bond donors (Lipinski definition) is 2. The summed E-state index contributed by atoms with van der Waals surface area (Å²) in [5.41, 5.74) is 1.83. The maximum Gasteiger partial charge on any atom is 0.311 e. The van der Waals surface area contributed by atoms with Gasteiger partial charge in [-0.15, -0.1) is 0 Å². The van der Waals surface area contributed by atoms with Crippen LogP contribution in [-0.4, -0.2) is 36.6 Å². The third-order valence-electron chi connectivity index (χ3n) is 3.39. The number of fused-ring (bicyclic) bond motifs is 1. The summed E-state index contributed by atoms with van der Waals surface area (Å²) in [7, 11) is 0. The minimum atomic E-state index is -0.769. The standard InChI is InChI=1S/C14H18N2O3/c1-10(17)15-7-9-16-8-6-12(14(18)19)11-4-2-3-5-13(11)16/h2-5,12H,6-9H2,1H3,(H,15,17)(H,18,19). The van der Waals surface area contributed by atoms with Crippen LogP contribution in [-0.2, 0) is 9.59 Å². The predicted molar refractivity (Wildman–Crippen MR) is 72.3 cm³/mol. The molecule has 1 aliphatic heterocycles. The molecule has 1 aromatic carbocycles. The Bertz CT molecular complexity index is 487. The molecular weight excluding hydrogens is 244 g/mol. The summed E-state index contributed by atoms with van der Waals surface area (Å²) in [4.78, 5) is 24.2. The third kappa shape index (κ3) is 3.05. The minimum Gasteiger partial charge on any atom is -0.481 e. The lowest BCUT2D eigenvalue weighted by molar-refractivity contribution is -0.139. The number of benzene rings is 1. The van der Waals surface area contributed by atoms with E-state index in [4.69, 9.17) is 0 Å². The average molecular weight is 262 g/mol. The van der Waals surface area contributed by atoms with Crippen molar-refractivity contribution < 1.29 is 14.7 Å². The Morgan fingerprint density at radius 2 is 2.16 bits per heavy atom. The lowest BCUT2D eigenvalue weighted by atomic mass is 9.90. The van der Waals surface area contributed by atoms with E-state index in [-0.39, 0.29) is 5.91 Å². The van der Waals surface area contributed by atoms with Crippen LogP contribution in [0.15, 0.2) is 24.3 Å². The van der Waals surface area contributed by atoms with Crippen LogP contribution in [0.2, 0.25) is 0 Å². The van der Waals surface area contributed by atoms with Gasteiger partial charge in [0.1, 0.15) is 0 Å². The van der Waals surface area contributed by atoms with Crippen LogP contribution >= 0.6 is 0 Å². The van der Waals surface area contributed by atoms with Crippen molar-refractivity contribution in [3.8, 4) is 0 Å². The highest BCUT2D eigenvalue weighted by Gasteiger charge is 2.29. The van der Waals surface area contributed by atoms with Gasteiger partial charge in [0.15, 0.2) is 0 Å². The molecule has 0 radical (unpaired) electrons. The van der Waals surface area contributed by atoms with Crippen LogP contribution in [0.25, 0.3) is 0 Å². The first-order chi connectivity index (χ1) is 9.09. The first kappa shape index (κ1) is 13.4. The van der Waals surface area contributed by atoms with Gasteiger partial charge in [0, 0.05) is 32.2 Å². The van der Waals surface area contributed by atoms with E-state index < -0.39 is 11.9 Å². The number of nitrogens with one attached hydrogen (secondary N) is 1. The normalized spacial score (nSPS) is 17.7. The number of carboxylic acid groups (broad SMARTS) is 1. The van der Waals surface area contributed by atoms with E-state index in [1.54, 1.807) is 0 Å². The number of nitrogens with zero attached hydrogens (tertiary/aromatic N) is 1. The Balaban J connectivity index is 2.13. The van der Waals surface area contributed by atoms with E-state index in [2.05, 4.69) is 10.2 Å². The molecule has 102 valence electrons. The van der Waals surface area contributed by atoms with Crippen molar-refractivity contribution in [2.24, 2.45) is 0 Å². The van der Waals surface area contributed by atoms with Gasteiger partial charge < -0.3 is 15.3 Å². The Hall–Kier alpha value is -2.04. The molecule has 2 N–H and O–H groups in total. The molecule has 0 saturated heterocycles. The number of para-hydroxylation sites is 1. The largest absolute Gasteiger partial charge is 0.481 e. The van der Waals surface area contributed by atoms with E-state index in [1.165, 1.54) is 6.92 Å². The first-order valence-corrected chi connectivity index (χ1v) is 6.40. The molecule has 2 rings (SSSR count). The summed E-state index contributed by atoms with van der Waals surface area (Å²) in [6, 6.07) is 7.59. The summed E-state index contributed by atoms with van der Waals surface area (Å²) >= 11 is 0. The number of amides is 1.